The van der Waals surface area contributed by atoms with E-state index in [1.807, 2.05) is 36.4 Å². The van der Waals surface area contributed by atoms with Crippen LogP contribution in [0.25, 0.3) is 10.9 Å². The minimum Gasteiger partial charge on any atom is -0.369 e. The van der Waals surface area contributed by atoms with E-state index in [1.165, 1.54) is 5.56 Å². The first-order valence-electron chi connectivity index (χ1n) is 9.00. The topological polar surface area (TPSA) is 49.8 Å². The molecular formula is C22H22N4. The number of hydrogen-bond acceptors (Lipinski definition) is 4. The molecule has 0 radical (unpaired) electrons. The molecular weight excluding hydrogens is 320 g/mol. The molecule has 1 aliphatic carbocycles. The highest BCUT2D eigenvalue weighted by atomic mass is 15.1. The van der Waals surface area contributed by atoms with Crippen molar-refractivity contribution in [3.63, 3.8) is 0 Å². The van der Waals surface area contributed by atoms with Crippen molar-refractivity contribution in [2.24, 2.45) is 5.92 Å². The summed E-state index contributed by atoms with van der Waals surface area (Å²) in [5.41, 5.74) is 2.15. The Morgan fingerprint density at radius 2 is 1.73 bits per heavy atom. The lowest BCUT2D eigenvalue weighted by Crippen LogP contribution is -2.15. The lowest BCUT2D eigenvalue weighted by molar-refractivity contribution is 0.691. The van der Waals surface area contributed by atoms with Crippen molar-refractivity contribution in [2.45, 2.75) is 13.0 Å². The summed E-state index contributed by atoms with van der Waals surface area (Å²) in [6.07, 6.45) is 9.72. The molecule has 0 aliphatic heterocycles. The van der Waals surface area contributed by atoms with E-state index in [-0.39, 0.29) is 0 Å². The van der Waals surface area contributed by atoms with Crippen molar-refractivity contribution in [2.75, 3.05) is 17.2 Å². The normalized spacial score (nSPS) is 15.9. The molecule has 4 heteroatoms. The molecule has 0 saturated heterocycles. The van der Waals surface area contributed by atoms with Gasteiger partial charge in [-0.3, -0.25) is 0 Å². The maximum absolute atomic E-state index is 4.72. The first-order valence-corrected chi connectivity index (χ1v) is 9.00. The Bertz CT molecular complexity index is 931. The van der Waals surface area contributed by atoms with Crippen LogP contribution in [0.4, 0.5) is 11.8 Å². The molecule has 1 atom stereocenters. The monoisotopic (exact) mass is 342 g/mol. The third kappa shape index (κ3) is 3.91. The molecule has 3 aromatic rings. The van der Waals surface area contributed by atoms with Gasteiger partial charge in [-0.15, -0.1) is 0 Å². The number of hydrogen-bond donors (Lipinski definition) is 2. The molecule has 0 spiro atoms. The smallest absolute Gasteiger partial charge is 0.225 e. The van der Waals surface area contributed by atoms with Crippen LogP contribution in [0.2, 0.25) is 0 Å². The van der Waals surface area contributed by atoms with E-state index >= 15 is 0 Å². The summed E-state index contributed by atoms with van der Waals surface area (Å²) < 4.78 is 0. The van der Waals surface area contributed by atoms with E-state index < -0.39 is 0 Å². The predicted molar refractivity (Wildman–Crippen MR) is 108 cm³/mol. The summed E-state index contributed by atoms with van der Waals surface area (Å²) in [7, 11) is 0. The van der Waals surface area contributed by atoms with E-state index in [0.717, 1.165) is 29.7 Å². The zero-order valence-electron chi connectivity index (χ0n) is 14.6. The minimum absolute atomic E-state index is 0.495. The summed E-state index contributed by atoms with van der Waals surface area (Å²) >= 11 is 0. The molecule has 26 heavy (non-hydrogen) atoms. The Hall–Kier alpha value is -3.14. The van der Waals surface area contributed by atoms with Crippen molar-refractivity contribution in [1.82, 2.24) is 9.97 Å². The zero-order chi connectivity index (χ0) is 17.6. The number of fused-ring (bicyclic) bond motifs is 1. The molecule has 0 amide bonds. The van der Waals surface area contributed by atoms with Crippen LogP contribution in [0.15, 0.2) is 78.9 Å². The first-order chi connectivity index (χ1) is 12.9. The first kappa shape index (κ1) is 16.3. The zero-order valence-corrected chi connectivity index (χ0v) is 14.6. The summed E-state index contributed by atoms with van der Waals surface area (Å²) in [4.78, 5) is 9.38. The summed E-state index contributed by atoms with van der Waals surface area (Å²) in [6.45, 7) is 1.56. The Kier molecular flexibility index (Phi) is 4.92. The van der Waals surface area contributed by atoms with Crippen LogP contribution in [0, 0.1) is 5.92 Å². The second-order valence-electron chi connectivity index (χ2n) is 6.44. The van der Waals surface area contributed by atoms with Gasteiger partial charge in [-0.1, -0.05) is 66.8 Å². The largest absolute Gasteiger partial charge is 0.369 e. The molecule has 0 bridgehead atoms. The van der Waals surface area contributed by atoms with E-state index in [0.29, 0.717) is 18.4 Å². The van der Waals surface area contributed by atoms with Crippen molar-refractivity contribution >= 4 is 22.7 Å². The van der Waals surface area contributed by atoms with E-state index in [4.69, 9.17) is 4.98 Å². The van der Waals surface area contributed by atoms with Gasteiger partial charge < -0.3 is 10.6 Å². The van der Waals surface area contributed by atoms with Crippen LogP contribution in [0.1, 0.15) is 12.0 Å². The molecule has 4 rings (SSSR count). The summed E-state index contributed by atoms with van der Waals surface area (Å²) in [5.74, 6) is 2.03. The van der Waals surface area contributed by atoms with Crippen LogP contribution in [0.3, 0.4) is 0 Å². The van der Waals surface area contributed by atoms with Crippen LogP contribution in [-0.2, 0) is 6.54 Å². The van der Waals surface area contributed by atoms with Crippen LogP contribution in [0.5, 0.6) is 0 Å². The highest BCUT2D eigenvalue weighted by Crippen LogP contribution is 2.23. The summed E-state index contributed by atoms with van der Waals surface area (Å²) in [6, 6.07) is 18.4. The van der Waals surface area contributed by atoms with Crippen LogP contribution >= 0.6 is 0 Å². The number of aromatic nitrogens is 2. The van der Waals surface area contributed by atoms with Gasteiger partial charge in [0.05, 0.1) is 5.52 Å². The van der Waals surface area contributed by atoms with Gasteiger partial charge in [-0.05, 0) is 30.0 Å². The second kappa shape index (κ2) is 7.83. The molecule has 0 saturated carbocycles. The Labute approximate surface area is 153 Å². The van der Waals surface area contributed by atoms with Gasteiger partial charge in [0.1, 0.15) is 5.82 Å². The minimum atomic E-state index is 0.495. The van der Waals surface area contributed by atoms with Gasteiger partial charge in [-0.25, -0.2) is 4.98 Å². The number of anilines is 2. The Morgan fingerprint density at radius 3 is 2.58 bits per heavy atom. The van der Waals surface area contributed by atoms with Gasteiger partial charge in [0.25, 0.3) is 0 Å². The predicted octanol–water partition coefficient (Wildman–Crippen LogP) is 4.79. The number of benzene rings is 2. The Balaban J connectivity index is 1.54. The number of allylic oxidation sites excluding steroid dienone is 3. The quantitative estimate of drug-likeness (QED) is 0.676. The van der Waals surface area contributed by atoms with Crippen LogP contribution in [-0.4, -0.2) is 16.5 Å². The maximum atomic E-state index is 4.72. The SMILES string of the molecule is C1=CCC(CNc2nc(NCc3ccccc3)nc3ccccc23)C=C1. The van der Waals surface area contributed by atoms with Crippen molar-refractivity contribution in [1.29, 1.82) is 0 Å². The number of rotatable bonds is 6. The third-order valence-corrected chi connectivity index (χ3v) is 4.50. The molecule has 4 nitrogen and oxygen atoms in total. The lowest BCUT2D eigenvalue weighted by Gasteiger charge is -2.16. The van der Waals surface area contributed by atoms with Gasteiger partial charge in [-0.2, -0.15) is 4.98 Å². The third-order valence-electron chi connectivity index (χ3n) is 4.50. The van der Waals surface area contributed by atoms with Gasteiger partial charge in [0, 0.05) is 18.5 Å². The molecule has 2 aromatic carbocycles. The molecule has 1 heterocycles. The molecule has 2 N–H and O–H groups in total. The molecule has 130 valence electrons. The second-order valence-corrected chi connectivity index (χ2v) is 6.44. The number of para-hydroxylation sites is 1. The van der Waals surface area contributed by atoms with Gasteiger partial charge >= 0.3 is 0 Å². The summed E-state index contributed by atoms with van der Waals surface area (Å²) in [5, 5.41) is 7.91. The number of nitrogens with one attached hydrogen (secondary N) is 2. The lowest BCUT2D eigenvalue weighted by atomic mass is 10.0. The highest BCUT2D eigenvalue weighted by molar-refractivity contribution is 5.90. The van der Waals surface area contributed by atoms with E-state index in [2.05, 4.69) is 58.1 Å². The average Bonchev–Trinajstić information content (AvgIpc) is 2.72. The average molecular weight is 342 g/mol. The maximum Gasteiger partial charge on any atom is 0.225 e. The van der Waals surface area contributed by atoms with Gasteiger partial charge in [0.2, 0.25) is 5.95 Å². The van der Waals surface area contributed by atoms with Gasteiger partial charge in [0.15, 0.2) is 0 Å². The molecule has 1 aromatic heterocycles. The standard InChI is InChI=1S/C22H22N4/c1-3-9-17(10-4-1)15-23-21-19-13-7-8-14-20(19)25-22(26-21)24-16-18-11-5-2-6-12-18/h1-9,11-14,17H,10,15-16H2,(H2,23,24,25,26). The fourth-order valence-corrected chi connectivity index (χ4v) is 3.08. The Morgan fingerprint density at radius 1 is 0.885 bits per heavy atom. The highest BCUT2D eigenvalue weighted by Gasteiger charge is 2.10. The van der Waals surface area contributed by atoms with Crippen molar-refractivity contribution < 1.29 is 0 Å². The molecule has 1 aliphatic rings. The fourth-order valence-electron chi connectivity index (χ4n) is 3.08. The van der Waals surface area contributed by atoms with Crippen LogP contribution < -0.4 is 10.6 Å². The van der Waals surface area contributed by atoms with E-state index in [9.17, 15) is 0 Å². The van der Waals surface area contributed by atoms with E-state index in [1.54, 1.807) is 0 Å². The van der Waals surface area contributed by atoms with Crippen molar-refractivity contribution in [3.05, 3.63) is 84.5 Å². The number of nitrogens with zero attached hydrogens (tertiary/aromatic N) is 2. The van der Waals surface area contributed by atoms with Crippen molar-refractivity contribution in [3.8, 4) is 0 Å². The molecule has 0 fully saturated rings. The fraction of sp³-hybridized carbons (Fsp3) is 0.182. The molecule has 1 unspecified atom stereocenters.